The number of hydrogen-bond acceptors (Lipinski definition) is 3. The number of methoxy groups -OCH3 is 1. The van der Waals surface area contributed by atoms with Crippen LogP contribution in [0.15, 0.2) is 24.3 Å². The molecule has 86 valence electrons. The summed E-state index contributed by atoms with van der Waals surface area (Å²) in [6.07, 6.45) is 1.63. The van der Waals surface area contributed by atoms with Gasteiger partial charge in [0.15, 0.2) is 5.78 Å². The van der Waals surface area contributed by atoms with Crippen LogP contribution in [0.4, 0.5) is 0 Å². The summed E-state index contributed by atoms with van der Waals surface area (Å²) in [4.78, 5) is 12.2. The van der Waals surface area contributed by atoms with Crippen LogP contribution in [0.25, 0.3) is 0 Å². The van der Waals surface area contributed by atoms with Crippen molar-refractivity contribution in [2.24, 2.45) is 5.92 Å². The van der Waals surface area contributed by atoms with E-state index in [9.17, 15) is 4.79 Å². The second-order valence-electron chi connectivity index (χ2n) is 3.95. The first-order chi connectivity index (χ1) is 7.83. The van der Waals surface area contributed by atoms with Crippen molar-refractivity contribution in [1.82, 2.24) is 0 Å². The summed E-state index contributed by atoms with van der Waals surface area (Å²) < 4.78 is 10.5. The highest BCUT2D eigenvalue weighted by Crippen LogP contribution is 2.25. The molecule has 1 aromatic rings. The Kier molecular flexibility index (Phi) is 3.57. The highest BCUT2D eigenvalue weighted by Gasteiger charge is 2.24. The number of rotatable bonds is 3. The lowest BCUT2D eigenvalue weighted by Crippen LogP contribution is -2.23. The van der Waals surface area contributed by atoms with Gasteiger partial charge in [0.25, 0.3) is 0 Å². The molecule has 1 saturated heterocycles. The van der Waals surface area contributed by atoms with E-state index in [4.69, 9.17) is 9.47 Å². The second kappa shape index (κ2) is 5.12. The van der Waals surface area contributed by atoms with Crippen molar-refractivity contribution in [1.29, 1.82) is 0 Å². The maximum absolute atomic E-state index is 12.2. The molecule has 1 aromatic carbocycles. The molecule has 1 aliphatic rings. The van der Waals surface area contributed by atoms with Gasteiger partial charge in [-0.15, -0.1) is 0 Å². The summed E-state index contributed by atoms with van der Waals surface area (Å²) in [6.45, 7) is 1.37. The number of ketones is 1. The molecule has 0 N–H and O–H groups in total. The van der Waals surface area contributed by atoms with E-state index in [1.807, 2.05) is 24.3 Å². The number of Topliss-reactive ketones (excluding diaryl/α,β-unsaturated/α-hetero) is 1. The average molecular weight is 220 g/mol. The van der Waals surface area contributed by atoms with Crippen LogP contribution in [0.1, 0.15) is 23.2 Å². The molecule has 1 fully saturated rings. The van der Waals surface area contributed by atoms with Crippen LogP contribution in [-0.4, -0.2) is 26.1 Å². The highest BCUT2D eigenvalue weighted by atomic mass is 16.5. The fourth-order valence-corrected chi connectivity index (χ4v) is 2.03. The zero-order chi connectivity index (χ0) is 11.4. The summed E-state index contributed by atoms with van der Waals surface area (Å²) in [7, 11) is 1.59. The molecule has 1 heterocycles. The van der Waals surface area contributed by atoms with E-state index < -0.39 is 0 Å². The summed E-state index contributed by atoms with van der Waals surface area (Å²) >= 11 is 0. The quantitative estimate of drug-likeness (QED) is 0.733. The lowest BCUT2D eigenvalue weighted by molar-refractivity contribution is 0.0543. The minimum Gasteiger partial charge on any atom is -0.496 e. The summed E-state index contributed by atoms with van der Waals surface area (Å²) in [5.41, 5.74) is 0.692. The molecule has 0 aromatic heterocycles. The van der Waals surface area contributed by atoms with E-state index in [1.165, 1.54) is 0 Å². The number of para-hydroxylation sites is 1. The zero-order valence-corrected chi connectivity index (χ0v) is 9.44. The molecule has 3 heteroatoms. The molecule has 0 amide bonds. The molecule has 0 unspecified atom stereocenters. The third kappa shape index (κ3) is 2.25. The van der Waals surface area contributed by atoms with Crippen molar-refractivity contribution in [3.8, 4) is 5.75 Å². The number of ether oxygens (including phenoxy) is 2. The van der Waals surface area contributed by atoms with Crippen LogP contribution in [0.5, 0.6) is 5.75 Å². The summed E-state index contributed by atoms with van der Waals surface area (Å²) in [5, 5.41) is 0. The van der Waals surface area contributed by atoms with E-state index in [0.29, 0.717) is 24.5 Å². The van der Waals surface area contributed by atoms with Gasteiger partial charge in [0.05, 0.1) is 12.7 Å². The van der Waals surface area contributed by atoms with Crippen molar-refractivity contribution in [2.45, 2.75) is 12.8 Å². The number of benzene rings is 1. The zero-order valence-electron chi connectivity index (χ0n) is 9.44. The SMILES string of the molecule is COc1ccccc1C(=O)C1CCOCC1. The molecule has 0 aliphatic carbocycles. The van der Waals surface area contributed by atoms with Crippen LogP contribution >= 0.6 is 0 Å². The molecule has 0 saturated carbocycles. The first kappa shape index (κ1) is 11.1. The smallest absolute Gasteiger partial charge is 0.169 e. The van der Waals surface area contributed by atoms with Crippen molar-refractivity contribution in [2.75, 3.05) is 20.3 Å². The summed E-state index contributed by atoms with van der Waals surface area (Å²) in [6, 6.07) is 7.40. The molecule has 3 nitrogen and oxygen atoms in total. The van der Waals surface area contributed by atoms with Gasteiger partial charge >= 0.3 is 0 Å². The first-order valence-corrected chi connectivity index (χ1v) is 5.58. The second-order valence-corrected chi connectivity index (χ2v) is 3.95. The van der Waals surface area contributed by atoms with E-state index in [1.54, 1.807) is 7.11 Å². The maximum atomic E-state index is 12.2. The first-order valence-electron chi connectivity index (χ1n) is 5.58. The van der Waals surface area contributed by atoms with Crippen molar-refractivity contribution in [3.05, 3.63) is 29.8 Å². The third-order valence-corrected chi connectivity index (χ3v) is 2.96. The Morgan fingerprint density at radius 1 is 1.31 bits per heavy atom. The monoisotopic (exact) mass is 220 g/mol. The Hall–Kier alpha value is -1.35. The summed E-state index contributed by atoms with van der Waals surface area (Å²) in [5.74, 6) is 0.935. The van der Waals surface area contributed by atoms with Gasteiger partial charge in [-0.2, -0.15) is 0 Å². The molecule has 0 radical (unpaired) electrons. The van der Waals surface area contributed by atoms with Crippen LogP contribution in [0.3, 0.4) is 0 Å². The van der Waals surface area contributed by atoms with Gasteiger partial charge in [-0.3, -0.25) is 4.79 Å². The van der Waals surface area contributed by atoms with Crippen LogP contribution < -0.4 is 4.74 Å². The van der Waals surface area contributed by atoms with E-state index in [0.717, 1.165) is 12.8 Å². The Morgan fingerprint density at radius 3 is 2.69 bits per heavy atom. The predicted molar refractivity (Wildman–Crippen MR) is 60.9 cm³/mol. The molecule has 0 spiro atoms. The van der Waals surface area contributed by atoms with Gasteiger partial charge < -0.3 is 9.47 Å². The minimum absolute atomic E-state index is 0.0880. The Balaban J connectivity index is 2.19. The Bertz CT molecular complexity index is 367. The van der Waals surface area contributed by atoms with Crippen LogP contribution in [-0.2, 0) is 4.74 Å². The van der Waals surface area contributed by atoms with Crippen molar-refractivity contribution >= 4 is 5.78 Å². The van der Waals surface area contributed by atoms with Crippen LogP contribution in [0, 0.1) is 5.92 Å². The highest BCUT2D eigenvalue weighted by molar-refractivity contribution is 6.00. The van der Waals surface area contributed by atoms with E-state index in [2.05, 4.69) is 0 Å². The van der Waals surface area contributed by atoms with Gasteiger partial charge in [-0.25, -0.2) is 0 Å². The van der Waals surface area contributed by atoms with Gasteiger partial charge in [-0.05, 0) is 25.0 Å². The maximum Gasteiger partial charge on any atom is 0.169 e. The number of carbonyl (C=O) groups is 1. The minimum atomic E-state index is 0.0880. The molecule has 2 rings (SSSR count). The van der Waals surface area contributed by atoms with Gasteiger partial charge in [-0.1, -0.05) is 12.1 Å². The predicted octanol–water partition coefficient (Wildman–Crippen LogP) is 2.30. The van der Waals surface area contributed by atoms with Crippen molar-refractivity contribution in [3.63, 3.8) is 0 Å². The fourth-order valence-electron chi connectivity index (χ4n) is 2.03. The Labute approximate surface area is 95.4 Å². The third-order valence-electron chi connectivity index (χ3n) is 2.96. The van der Waals surface area contributed by atoms with Gasteiger partial charge in [0, 0.05) is 19.1 Å². The lowest BCUT2D eigenvalue weighted by atomic mass is 9.90. The molecular formula is C13H16O3. The van der Waals surface area contributed by atoms with E-state index >= 15 is 0 Å². The largest absolute Gasteiger partial charge is 0.496 e. The standard InChI is InChI=1S/C13H16O3/c1-15-12-5-3-2-4-11(12)13(14)10-6-8-16-9-7-10/h2-5,10H,6-9H2,1H3. The number of carbonyl (C=O) groups excluding carboxylic acids is 1. The molecular weight excluding hydrogens is 204 g/mol. The van der Waals surface area contributed by atoms with Crippen LogP contribution in [0.2, 0.25) is 0 Å². The van der Waals surface area contributed by atoms with Gasteiger partial charge in [0.1, 0.15) is 5.75 Å². The Morgan fingerprint density at radius 2 is 2.00 bits per heavy atom. The molecule has 0 bridgehead atoms. The van der Waals surface area contributed by atoms with Gasteiger partial charge in [0.2, 0.25) is 0 Å². The molecule has 0 atom stereocenters. The topological polar surface area (TPSA) is 35.5 Å². The average Bonchev–Trinajstić information content (AvgIpc) is 2.39. The fraction of sp³-hybridized carbons (Fsp3) is 0.462. The number of hydrogen-bond donors (Lipinski definition) is 0. The van der Waals surface area contributed by atoms with Crippen molar-refractivity contribution < 1.29 is 14.3 Å². The lowest BCUT2D eigenvalue weighted by Gasteiger charge is -2.21. The normalized spacial score (nSPS) is 17.1. The molecule has 16 heavy (non-hydrogen) atoms. The molecule has 1 aliphatic heterocycles. The van der Waals surface area contributed by atoms with E-state index in [-0.39, 0.29) is 11.7 Å².